The molecular weight excluding hydrogens is 260 g/mol. The summed E-state index contributed by atoms with van der Waals surface area (Å²) in [5, 5.41) is 9.01. The molecule has 1 aromatic rings. The van der Waals surface area contributed by atoms with E-state index in [-0.39, 0.29) is 5.82 Å². The predicted molar refractivity (Wildman–Crippen MR) is 64.8 cm³/mol. The summed E-state index contributed by atoms with van der Waals surface area (Å²) in [6.45, 7) is 1.89. The van der Waals surface area contributed by atoms with E-state index in [1.807, 2.05) is 0 Å². The zero-order valence-electron chi connectivity index (χ0n) is 10.7. The van der Waals surface area contributed by atoms with Crippen LogP contribution in [0.1, 0.15) is 26.5 Å². The number of rotatable bonds is 6. The van der Waals surface area contributed by atoms with Crippen molar-refractivity contribution < 1.29 is 18.6 Å². The Kier molecular flexibility index (Phi) is 4.96. The van der Waals surface area contributed by atoms with E-state index in [0.717, 1.165) is 6.20 Å². The van der Waals surface area contributed by atoms with Crippen molar-refractivity contribution in [1.82, 2.24) is 9.55 Å². The van der Waals surface area contributed by atoms with Gasteiger partial charge in [-0.15, -0.1) is 0 Å². The highest BCUT2D eigenvalue weighted by Crippen LogP contribution is 2.30. The molecule has 0 spiro atoms. The normalized spacial score (nSPS) is 15.2. The van der Waals surface area contributed by atoms with Crippen LogP contribution in [0, 0.1) is 0 Å². The van der Waals surface area contributed by atoms with Crippen molar-refractivity contribution in [3.05, 3.63) is 22.7 Å². The van der Waals surface area contributed by atoms with E-state index < -0.39 is 30.6 Å². The SMILES string of the molecule is CCC(CO)OC(n1ccc(N)nc1=O)C(C)(F)F. The lowest BCUT2D eigenvalue weighted by molar-refractivity contribution is -0.194. The molecule has 0 aliphatic heterocycles. The zero-order chi connectivity index (χ0) is 14.6. The third-order valence-corrected chi connectivity index (χ3v) is 2.52. The molecule has 8 heteroatoms. The molecule has 1 heterocycles. The van der Waals surface area contributed by atoms with Crippen LogP contribution in [-0.4, -0.2) is 33.3 Å². The van der Waals surface area contributed by atoms with Gasteiger partial charge < -0.3 is 15.6 Å². The average molecular weight is 277 g/mol. The lowest BCUT2D eigenvalue weighted by Crippen LogP contribution is -2.40. The molecule has 2 atom stereocenters. The maximum Gasteiger partial charge on any atom is 0.351 e. The van der Waals surface area contributed by atoms with Gasteiger partial charge in [-0.3, -0.25) is 4.57 Å². The fourth-order valence-electron chi connectivity index (χ4n) is 1.48. The van der Waals surface area contributed by atoms with Crippen molar-refractivity contribution in [1.29, 1.82) is 0 Å². The number of aliphatic hydroxyl groups excluding tert-OH is 1. The number of anilines is 1. The summed E-state index contributed by atoms with van der Waals surface area (Å²) < 4.78 is 32.9. The molecule has 1 aromatic heterocycles. The highest BCUT2D eigenvalue weighted by Gasteiger charge is 2.39. The molecule has 3 N–H and O–H groups in total. The van der Waals surface area contributed by atoms with Crippen molar-refractivity contribution in [2.24, 2.45) is 0 Å². The van der Waals surface area contributed by atoms with E-state index in [0.29, 0.717) is 17.9 Å². The molecule has 2 unspecified atom stereocenters. The van der Waals surface area contributed by atoms with Crippen molar-refractivity contribution in [2.45, 2.75) is 38.5 Å². The summed E-state index contributed by atoms with van der Waals surface area (Å²) in [5.74, 6) is -3.38. The van der Waals surface area contributed by atoms with Gasteiger partial charge in [-0.25, -0.2) is 13.6 Å². The summed E-state index contributed by atoms with van der Waals surface area (Å²) in [5.41, 5.74) is 4.37. The second kappa shape index (κ2) is 6.07. The number of aliphatic hydroxyl groups is 1. The van der Waals surface area contributed by atoms with Crippen molar-refractivity contribution in [3.8, 4) is 0 Å². The van der Waals surface area contributed by atoms with Crippen LogP contribution in [0.5, 0.6) is 0 Å². The van der Waals surface area contributed by atoms with Gasteiger partial charge in [0.2, 0.25) is 6.23 Å². The minimum atomic E-state index is -3.32. The lowest BCUT2D eigenvalue weighted by atomic mass is 10.2. The van der Waals surface area contributed by atoms with Crippen LogP contribution < -0.4 is 11.4 Å². The molecule has 0 aliphatic rings. The molecule has 108 valence electrons. The van der Waals surface area contributed by atoms with Gasteiger partial charge in [0.1, 0.15) is 5.82 Å². The van der Waals surface area contributed by atoms with Crippen LogP contribution >= 0.6 is 0 Å². The Morgan fingerprint density at radius 1 is 1.63 bits per heavy atom. The Bertz CT molecular complexity index is 469. The van der Waals surface area contributed by atoms with E-state index in [9.17, 15) is 13.6 Å². The number of nitrogen functional groups attached to an aromatic ring is 1. The molecule has 0 fully saturated rings. The van der Waals surface area contributed by atoms with Gasteiger partial charge in [-0.05, 0) is 12.5 Å². The highest BCUT2D eigenvalue weighted by atomic mass is 19.3. The minimum absolute atomic E-state index is 0.0615. The molecule has 0 radical (unpaired) electrons. The Morgan fingerprint density at radius 3 is 2.68 bits per heavy atom. The van der Waals surface area contributed by atoms with E-state index in [1.54, 1.807) is 6.92 Å². The largest absolute Gasteiger partial charge is 0.394 e. The molecule has 0 amide bonds. The number of ether oxygens (including phenoxy) is 1. The van der Waals surface area contributed by atoms with Crippen LogP contribution in [0.3, 0.4) is 0 Å². The number of hydrogen-bond acceptors (Lipinski definition) is 5. The summed E-state index contributed by atoms with van der Waals surface area (Å²) in [4.78, 5) is 15.0. The highest BCUT2D eigenvalue weighted by molar-refractivity contribution is 5.23. The molecule has 6 nitrogen and oxygen atoms in total. The molecule has 0 saturated heterocycles. The molecule has 0 bridgehead atoms. The van der Waals surface area contributed by atoms with E-state index in [2.05, 4.69) is 4.98 Å². The second-order valence-corrected chi connectivity index (χ2v) is 4.20. The summed E-state index contributed by atoms with van der Waals surface area (Å²) >= 11 is 0. The van der Waals surface area contributed by atoms with E-state index in [1.165, 1.54) is 6.07 Å². The van der Waals surface area contributed by atoms with Gasteiger partial charge in [0.15, 0.2) is 0 Å². The van der Waals surface area contributed by atoms with Crippen molar-refractivity contribution in [2.75, 3.05) is 12.3 Å². The van der Waals surface area contributed by atoms with E-state index >= 15 is 0 Å². The fraction of sp³-hybridized carbons (Fsp3) is 0.636. The number of halogens is 2. The quantitative estimate of drug-likeness (QED) is 0.801. The predicted octanol–water partition coefficient (Wildman–Crippen LogP) is 0.767. The van der Waals surface area contributed by atoms with Crippen molar-refractivity contribution in [3.63, 3.8) is 0 Å². The average Bonchev–Trinajstić information content (AvgIpc) is 2.30. The van der Waals surface area contributed by atoms with Crippen LogP contribution in [-0.2, 0) is 4.74 Å². The van der Waals surface area contributed by atoms with Crippen LogP contribution in [0.15, 0.2) is 17.1 Å². The first-order chi connectivity index (χ1) is 8.79. The summed E-state index contributed by atoms with van der Waals surface area (Å²) in [6, 6.07) is 1.23. The Balaban J connectivity index is 3.14. The molecule has 0 aliphatic carbocycles. The van der Waals surface area contributed by atoms with Crippen LogP contribution in [0.2, 0.25) is 0 Å². The number of nitrogens with zero attached hydrogens (tertiary/aromatic N) is 2. The van der Waals surface area contributed by atoms with Gasteiger partial charge in [0.05, 0.1) is 12.7 Å². The van der Waals surface area contributed by atoms with E-state index in [4.69, 9.17) is 15.6 Å². The maximum absolute atomic E-state index is 13.6. The first kappa shape index (κ1) is 15.5. The Morgan fingerprint density at radius 2 is 2.26 bits per heavy atom. The van der Waals surface area contributed by atoms with Gasteiger partial charge in [0.25, 0.3) is 5.92 Å². The minimum Gasteiger partial charge on any atom is -0.394 e. The first-order valence-electron chi connectivity index (χ1n) is 5.78. The second-order valence-electron chi connectivity index (χ2n) is 4.20. The first-order valence-corrected chi connectivity index (χ1v) is 5.78. The molecular formula is C11H17F2N3O3. The summed E-state index contributed by atoms with van der Waals surface area (Å²) in [7, 11) is 0. The van der Waals surface area contributed by atoms with Gasteiger partial charge >= 0.3 is 5.69 Å². The fourth-order valence-corrected chi connectivity index (χ4v) is 1.48. The molecule has 0 aromatic carbocycles. The van der Waals surface area contributed by atoms with Crippen molar-refractivity contribution >= 4 is 5.82 Å². The standard InChI is InChI=1S/C11H17F2N3O3/c1-3-7(6-17)19-9(11(2,12)13)16-5-4-8(14)15-10(16)18/h4-5,7,9,17H,3,6H2,1-2H3,(H2,14,15,18). The van der Waals surface area contributed by atoms with Gasteiger partial charge in [-0.2, -0.15) is 4.98 Å². The monoisotopic (exact) mass is 277 g/mol. The Labute approximate surface area is 108 Å². The topological polar surface area (TPSA) is 90.4 Å². The van der Waals surface area contributed by atoms with Crippen LogP contribution in [0.25, 0.3) is 0 Å². The zero-order valence-corrected chi connectivity index (χ0v) is 10.7. The lowest BCUT2D eigenvalue weighted by Gasteiger charge is -2.28. The van der Waals surface area contributed by atoms with Crippen LogP contribution in [0.4, 0.5) is 14.6 Å². The third-order valence-electron chi connectivity index (χ3n) is 2.52. The Hall–Kier alpha value is -1.54. The van der Waals surface area contributed by atoms with Gasteiger partial charge in [-0.1, -0.05) is 6.92 Å². The number of alkyl halides is 2. The molecule has 0 saturated carbocycles. The molecule has 19 heavy (non-hydrogen) atoms. The maximum atomic E-state index is 13.6. The number of hydrogen-bond donors (Lipinski definition) is 2. The molecule has 1 rings (SSSR count). The number of nitrogens with two attached hydrogens (primary N) is 1. The third kappa shape index (κ3) is 3.97. The van der Waals surface area contributed by atoms with Gasteiger partial charge in [0, 0.05) is 13.1 Å². The number of aromatic nitrogens is 2. The smallest absolute Gasteiger partial charge is 0.351 e. The summed E-state index contributed by atoms with van der Waals surface area (Å²) in [6.07, 6.45) is -1.21.